The third-order valence-corrected chi connectivity index (χ3v) is 4.15. The summed E-state index contributed by atoms with van der Waals surface area (Å²) in [6.07, 6.45) is 4.66. The van der Waals surface area contributed by atoms with Gasteiger partial charge in [-0.05, 0) is 62.6 Å². The highest BCUT2D eigenvalue weighted by atomic mass is 79.9. The molecule has 3 N–H and O–H groups in total. The summed E-state index contributed by atoms with van der Waals surface area (Å²) in [5.41, 5.74) is 5.88. The second kappa shape index (κ2) is 7.88. The lowest BCUT2D eigenvalue weighted by molar-refractivity contribution is -0.117. The monoisotopic (exact) mass is 413 g/mol. The van der Waals surface area contributed by atoms with E-state index in [4.69, 9.17) is 4.74 Å². The van der Waals surface area contributed by atoms with Gasteiger partial charge in [-0.1, -0.05) is 18.2 Å². The van der Waals surface area contributed by atoms with Gasteiger partial charge in [-0.15, -0.1) is 0 Å². The molecule has 3 rings (SSSR count). The van der Waals surface area contributed by atoms with Gasteiger partial charge in [0.1, 0.15) is 11.4 Å². The van der Waals surface area contributed by atoms with Crippen LogP contribution in [0.3, 0.4) is 0 Å². The van der Waals surface area contributed by atoms with Crippen LogP contribution in [-0.2, 0) is 4.79 Å². The van der Waals surface area contributed by atoms with Gasteiger partial charge in [0.05, 0.1) is 7.11 Å². The number of nitrogens with one attached hydrogen (secondary N) is 3. The van der Waals surface area contributed by atoms with Crippen LogP contribution in [0.4, 0.5) is 0 Å². The van der Waals surface area contributed by atoms with Gasteiger partial charge in [0.15, 0.2) is 0 Å². The number of hydrogen-bond acceptors (Lipinski definition) is 3. The van der Waals surface area contributed by atoms with Crippen LogP contribution in [0.1, 0.15) is 16.1 Å². The zero-order chi connectivity index (χ0) is 18.5. The zero-order valence-corrected chi connectivity index (χ0v) is 15.5. The van der Waals surface area contributed by atoms with Gasteiger partial charge < -0.3 is 9.72 Å². The molecule has 6 nitrogen and oxygen atoms in total. The number of hydrazine groups is 1. The molecule has 0 radical (unpaired) electrons. The smallest absolute Gasteiger partial charge is 0.286 e. The predicted molar refractivity (Wildman–Crippen MR) is 104 cm³/mol. The Kier molecular flexibility index (Phi) is 5.38. The van der Waals surface area contributed by atoms with Crippen molar-refractivity contribution in [1.82, 2.24) is 15.8 Å². The lowest BCUT2D eigenvalue weighted by atomic mass is 10.1. The van der Waals surface area contributed by atoms with Gasteiger partial charge in [0.25, 0.3) is 11.8 Å². The summed E-state index contributed by atoms with van der Waals surface area (Å²) in [5.74, 6) is -0.0686. The average Bonchev–Trinajstić information content (AvgIpc) is 3.10. The molecule has 1 heterocycles. The number of methoxy groups -OCH3 is 1. The number of carbonyl (C=O) groups excluding carboxylic acids is 2. The largest absolute Gasteiger partial charge is 0.497 e. The number of aromatic amines is 1. The van der Waals surface area contributed by atoms with Gasteiger partial charge in [-0.3, -0.25) is 20.4 Å². The van der Waals surface area contributed by atoms with Crippen molar-refractivity contribution in [3.05, 3.63) is 70.5 Å². The molecule has 0 spiro atoms. The van der Waals surface area contributed by atoms with Crippen molar-refractivity contribution in [2.24, 2.45) is 0 Å². The lowest BCUT2D eigenvalue weighted by Crippen LogP contribution is -2.40. The van der Waals surface area contributed by atoms with Crippen molar-refractivity contribution in [2.75, 3.05) is 7.11 Å². The maximum Gasteiger partial charge on any atom is 0.286 e. The van der Waals surface area contributed by atoms with E-state index < -0.39 is 11.8 Å². The Morgan fingerprint density at radius 3 is 2.58 bits per heavy atom. The normalized spacial score (nSPS) is 10.8. The number of H-pyrrole nitrogens is 1. The molecule has 132 valence electrons. The van der Waals surface area contributed by atoms with Crippen molar-refractivity contribution in [1.29, 1.82) is 0 Å². The van der Waals surface area contributed by atoms with Gasteiger partial charge in [-0.2, -0.15) is 0 Å². The molecule has 26 heavy (non-hydrogen) atoms. The Balaban J connectivity index is 1.60. The summed E-state index contributed by atoms with van der Waals surface area (Å²) in [6, 6.07) is 13.2. The fourth-order valence-corrected chi connectivity index (χ4v) is 2.71. The minimum atomic E-state index is -0.433. The van der Waals surface area contributed by atoms with E-state index in [9.17, 15) is 9.59 Å². The van der Waals surface area contributed by atoms with Crippen molar-refractivity contribution < 1.29 is 14.3 Å². The van der Waals surface area contributed by atoms with E-state index in [1.165, 1.54) is 6.08 Å². The van der Waals surface area contributed by atoms with Crippen LogP contribution in [0.2, 0.25) is 0 Å². The summed E-state index contributed by atoms with van der Waals surface area (Å²) in [6.45, 7) is 0. The molecule has 1 aromatic heterocycles. The molecule has 0 fully saturated rings. The first-order chi connectivity index (χ1) is 12.5. The van der Waals surface area contributed by atoms with Crippen molar-refractivity contribution in [3.63, 3.8) is 0 Å². The van der Waals surface area contributed by atoms with Crippen molar-refractivity contribution >= 4 is 44.6 Å². The second-order valence-electron chi connectivity index (χ2n) is 5.48. The molecule has 0 saturated heterocycles. The fraction of sp³-hybridized carbons (Fsp3) is 0.0526. The number of fused-ring (bicyclic) bond motifs is 1. The van der Waals surface area contributed by atoms with E-state index in [0.717, 1.165) is 26.6 Å². The summed E-state index contributed by atoms with van der Waals surface area (Å²) < 4.78 is 5.96. The summed E-state index contributed by atoms with van der Waals surface area (Å²) in [5, 5.41) is 2.09. The number of amides is 2. The minimum absolute atomic E-state index is 0.339. The standard InChI is InChI=1S/C19H16BrN3O3/c1-26-16-6-5-13-8-12(2-4-14(13)9-16)3-7-18(24)22-23-19(25)17-10-15(20)11-21-17/h2-11,21H,1H3,(H,22,24)(H,23,25)/b7-3+. The van der Waals surface area contributed by atoms with E-state index >= 15 is 0 Å². The first-order valence-electron chi connectivity index (χ1n) is 7.75. The van der Waals surface area contributed by atoms with Crippen LogP contribution in [0.25, 0.3) is 16.8 Å². The first kappa shape index (κ1) is 17.8. The van der Waals surface area contributed by atoms with Crippen molar-refractivity contribution in [3.8, 4) is 5.75 Å². The van der Waals surface area contributed by atoms with Crippen LogP contribution in [0, 0.1) is 0 Å². The van der Waals surface area contributed by atoms with Gasteiger partial charge in [0.2, 0.25) is 0 Å². The average molecular weight is 414 g/mol. The molecule has 2 amide bonds. The van der Waals surface area contributed by atoms with Gasteiger partial charge in [0, 0.05) is 16.7 Å². The Bertz CT molecular complexity index is 995. The van der Waals surface area contributed by atoms with E-state index in [1.807, 2.05) is 36.4 Å². The maximum atomic E-state index is 11.9. The summed E-state index contributed by atoms with van der Waals surface area (Å²) in [4.78, 5) is 26.5. The maximum absolute atomic E-state index is 11.9. The first-order valence-corrected chi connectivity index (χ1v) is 8.54. The predicted octanol–water partition coefficient (Wildman–Crippen LogP) is 3.41. The Morgan fingerprint density at radius 2 is 1.85 bits per heavy atom. The number of carbonyl (C=O) groups is 2. The van der Waals surface area contributed by atoms with E-state index in [1.54, 1.807) is 25.4 Å². The quantitative estimate of drug-likeness (QED) is 0.452. The molecule has 0 aliphatic heterocycles. The Labute approximate surface area is 158 Å². The number of ether oxygens (including phenoxy) is 1. The highest BCUT2D eigenvalue weighted by Gasteiger charge is 2.07. The van der Waals surface area contributed by atoms with Crippen LogP contribution >= 0.6 is 15.9 Å². The summed E-state index contributed by atoms with van der Waals surface area (Å²) in [7, 11) is 1.63. The topological polar surface area (TPSA) is 83.2 Å². The van der Waals surface area contributed by atoms with Crippen LogP contribution in [0.15, 0.2) is 59.2 Å². The molecule has 0 aliphatic rings. The molecular formula is C19H16BrN3O3. The Morgan fingerprint density at radius 1 is 1.08 bits per heavy atom. The Hall–Kier alpha value is -3.06. The highest BCUT2D eigenvalue weighted by molar-refractivity contribution is 9.10. The van der Waals surface area contributed by atoms with E-state index in [-0.39, 0.29) is 0 Å². The molecule has 0 bridgehead atoms. The number of halogens is 1. The zero-order valence-electron chi connectivity index (χ0n) is 13.9. The van der Waals surface area contributed by atoms with E-state index in [2.05, 4.69) is 31.8 Å². The molecule has 0 saturated carbocycles. The van der Waals surface area contributed by atoms with Gasteiger partial charge in [-0.25, -0.2) is 0 Å². The van der Waals surface area contributed by atoms with Gasteiger partial charge >= 0.3 is 0 Å². The molecule has 3 aromatic rings. The SMILES string of the molecule is COc1ccc2cc(/C=C/C(=O)NNC(=O)c3cc(Br)c[nH]3)ccc2c1. The minimum Gasteiger partial charge on any atom is -0.497 e. The molecule has 0 unspecified atom stereocenters. The number of benzene rings is 2. The summed E-state index contributed by atoms with van der Waals surface area (Å²) >= 11 is 3.24. The lowest BCUT2D eigenvalue weighted by Gasteiger charge is -2.04. The number of aromatic nitrogens is 1. The van der Waals surface area contributed by atoms with Crippen LogP contribution < -0.4 is 15.6 Å². The molecule has 7 heteroatoms. The third kappa shape index (κ3) is 4.31. The van der Waals surface area contributed by atoms with E-state index in [0.29, 0.717) is 5.69 Å². The number of hydrogen-bond donors (Lipinski definition) is 3. The fourth-order valence-electron chi connectivity index (χ4n) is 2.37. The molecule has 2 aromatic carbocycles. The third-order valence-electron chi connectivity index (χ3n) is 3.69. The van der Waals surface area contributed by atoms with Crippen LogP contribution in [0.5, 0.6) is 5.75 Å². The molecular weight excluding hydrogens is 398 g/mol. The molecule has 0 atom stereocenters. The molecule has 0 aliphatic carbocycles. The van der Waals surface area contributed by atoms with Crippen LogP contribution in [-0.4, -0.2) is 23.9 Å². The highest BCUT2D eigenvalue weighted by Crippen LogP contribution is 2.22. The van der Waals surface area contributed by atoms with Crippen molar-refractivity contribution in [2.45, 2.75) is 0 Å². The number of rotatable bonds is 4. The second-order valence-corrected chi connectivity index (χ2v) is 6.40.